The zero-order valence-corrected chi connectivity index (χ0v) is 7.29. The Bertz CT molecular complexity index is 365. The molecule has 1 aromatic heterocycles. The smallest absolute Gasteiger partial charge is 0.269 e. The van der Waals surface area contributed by atoms with Crippen molar-refractivity contribution in [3.05, 3.63) is 17.5 Å². The van der Waals surface area contributed by atoms with Gasteiger partial charge in [-0.15, -0.1) is 0 Å². The first kappa shape index (κ1) is 7.12. The molecule has 1 amide bonds. The van der Waals surface area contributed by atoms with Gasteiger partial charge in [0.25, 0.3) is 5.91 Å². The van der Waals surface area contributed by atoms with Crippen molar-refractivity contribution < 1.29 is 4.79 Å². The Morgan fingerprint density at radius 2 is 2.38 bits per heavy atom. The fraction of sp³-hybridized carbons (Fsp3) is 0.556. The minimum absolute atomic E-state index is 0.0191. The monoisotopic (exact) mass is 177 g/mol. The number of nitrogens with zero attached hydrogens (tertiary/aromatic N) is 2. The number of rotatable bonds is 1. The van der Waals surface area contributed by atoms with Gasteiger partial charge in [0, 0.05) is 12.5 Å². The van der Waals surface area contributed by atoms with Crippen LogP contribution in [0.25, 0.3) is 0 Å². The number of nitrogens with one attached hydrogen (secondary N) is 1. The number of amides is 1. The molecule has 2 heterocycles. The van der Waals surface area contributed by atoms with Crippen LogP contribution in [-0.2, 0) is 6.54 Å². The first-order chi connectivity index (χ1) is 6.34. The highest BCUT2D eigenvalue weighted by Crippen LogP contribution is 2.39. The van der Waals surface area contributed by atoms with Crippen molar-refractivity contribution in [2.75, 3.05) is 6.54 Å². The number of aromatic nitrogens is 2. The predicted molar refractivity (Wildman–Crippen MR) is 46.5 cm³/mol. The maximum atomic E-state index is 11.4. The summed E-state index contributed by atoms with van der Waals surface area (Å²) in [6.07, 6.45) is 2.47. The minimum atomic E-state index is 0.0191. The summed E-state index contributed by atoms with van der Waals surface area (Å²) < 4.78 is 1.83. The third kappa shape index (κ3) is 1.05. The van der Waals surface area contributed by atoms with Crippen LogP contribution in [0.5, 0.6) is 0 Å². The van der Waals surface area contributed by atoms with E-state index in [2.05, 4.69) is 10.4 Å². The van der Waals surface area contributed by atoms with Gasteiger partial charge in [-0.1, -0.05) is 0 Å². The van der Waals surface area contributed by atoms with Crippen LogP contribution in [0.2, 0.25) is 0 Å². The molecule has 13 heavy (non-hydrogen) atoms. The molecular formula is C9H11N3O. The van der Waals surface area contributed by atoms with Gasteiger partial charge in [-0.25, -0.2) is 0 Å². The average molecular weight is 177 g/mol. The highest BCUT2D eigenvalue weighted by molar-refractivity contribution is 5.93. The molecule has 0 atom stereocenters. The Morgan fingerprint density at radius 3 is 3.08 bits per heavy atom. The van der Waals surface area contributed by atoms with Crippen LogP contribution in [0, 0.1) is 0 Å². The van der Waals surface area contributed by atoms with Gasteiger partial charge in [0.05, 0.1) is 12.2 Å². The molecule has 2 aliphatic rings. The second-order valence-corrected chi connectivity index (χ2v) is 3.71. The predicted octanol–water partition coefficient (Wildman–Crippen LogP) is 0.504. The first-order valence-corrected chi connectivity index (χ1v) is 4.70. The highest BCUT2D eigenvalue weighted by atomic mass is 16.2. The molecule has 0 bridgehead atoms. The van der Waals surface area contributed by atoms with E-state index >= 15 is 0 Å². The molecule has 0 aromatic carbocycles. The van der Waals surface area contributed by atoms with Crippen molar-refractivity contribution in [3.63, 3.8) is 0 Å². The van der Waals surface area contributed by atoms with Gasteiger partial charge in [-0.05, 0) is 18.9 Å². The van der Waals surface area contributed by atoms with Crippen LogP contribution in [0.4, 0.5) is 0 Å². The Labute approximate surface area is 75.9 Å². The lowest BCUT2D eigenvalue weighted by Gasteiger charge is -2.13. The van der Waals surface area contributed by atoms with E-state index in [1.807, 2.05) is 10.7 Å². The first-order valence-electron chi connectivity index (χ1n) is 4.70. The van der Waals surface area contributed by atoms with Crippen molar-refractivity contribution in [2.45, 2.75) is 25.3 Å². The molecule has 1 N–H and O–H groups in total. The molecule has 1 aromatic rings. The summed E-state index contributed by atoms with van der Waals surface area (Å²) in [6.45, 7) is 1.52. The lowest BCUT2D eigenvalue weighted by Crippen LogP contribution is -2.35. The molecule has 0 unspecified atom stereocenters. The molecule has 1 aliphatic carbocycles. The van der Waals surface area contributed by atoms with Crippen LogP contribution in [0.3, 0.4) is 0 Å². The number of hydrogen-bond donors (Lipinski definition) is 1. The number of carbonyl (C=O) groups excluding carboxylic acids is 1. The average Bonchev–Trinajstić information content (AvgIpc) is 2.87. The normalized spacial score (nSPS) is 21.1. The maximum absolute atomic E-state index is 11.4. The topological polar surface area (TPSA) is 46.9 Å². The molecule has 4 nitrogen and oxygen atoms in total. The molecule has 1 fully saturated rings. The molecule has 68 valence electrons. The van der Waals surface area contributed by atoms with E-state index in [9.17, 15) is 4.79 Å². The van der Waals surface area contributed by atoms with Crippen LogP contribution >= 0.6 is 0 Å². The zero-order chi connectivity index (χ0) is 8.84. The van der Waals surface area contributed by atoms with E-state index < -0.39 is 0 Å². The molecule has 0 radical (unpaired) electrons. The van der Waals surface area contributed by atoms with Crippen molar-refractivity contribution in [1.82, 2.24) is 15.1 Å². The molecule has 0 spiro atoms. The Hall–Kier alpha value is -1.32. The zero-order valence-electron chi connectivity index (χ0n) is 7.29. The van der Waals surface area contributed by atoms with E-state index in [-0.39, 0.29) is 5.91 Å². The van der Waals surface area contributed by atoms with Gasteiger partial charge in [0.15, 0.2) is 0 Å². The second-order valence-electron chi connectivity index (χ2n) is 3.71. The molecule has 0 saturated heterocycles. The molecule has 1 aliphatic heterocycles. The lowest BCUT2D eigenvalue weighted by atomic mass is 10.2. The third-order valence-corrected chi connectivity index (χ3v) is 2.64. The molecular weight excluding hydrogens is 166 g/mol. The van der Waals surface area contributed by atoms with Gasteiger partial charge >= 0.3 is 0 Å². The van der Waals surface area contributed by atoms with Crippen molar-refractivity contribution in [2.24, 2.45) is 0 Å². The summed E-state index contributed by atoms with van der Waals surface area (Å²) in [5, 5.41) is 7.23. The van der Waals surface area contributed by atoms with E-state index in [0.717, 1.165) is 17.9 Å². The SMILES string of the molecule is O=C1NCCn2nc(C3CC3)cc21. The molecule has 3 rings (SSSR count). The van der Waals surface area contributed by atoms with Gasteiger partial charge in [-0.3, -0.25) is 9.48 Å². The van der Waals surface area contributed by atoms with E-state index in [1.54, 1.807) is 0 Å². The van der Waals surface area contributed by atoms with Crippen molar-refractivity contribution in [1.29, 1.82) is 0 Å². The van der Waals surface area contributed by atoms with E-state index in [4.69, 9.17) is 0 Å². The van der Waals surface area contributed by atoms with Crippen LogP contribution < -0.4 is 5.32 Å². The quantitative estimate of drug-likeness (QED) is 0.679. The summed E-state index contributed by atoms with van der Waals surface area (Å²) in [5.74, 6) is 0.650. The summed E-state index contributed by atoms with van der Waals surface area (Å²) in [7, 11) is 0. The van der Waals surface area contributed by atoms with Crippen molar-refractivity contribution in [3.8, 4) is 0 Å². The largest absolute Gasteiger partial charge is 0.349 e. The minimum Gasteiger partial charge on any atom is -0.349 e. The number of fused-ring (bicyclic) bond motifs is 1. The third-order valence-electron chi connectivity index (χ3n) is 2.64. The van der Waals surface area contributed by atoms with Crippen LogP contribution in [0.1, 0.15) is 34.9 Å². The Balaban J connectivity index is 2.04. The van der Waals surface area contributed by atoms with E-state index in [0.29, 0.717) is 12.5 Å². The van der Waals surface area contributed by atoms with Crippen LogP contribution in [0.15, 0.2) is 6.07 Å². The Kier molecular flexibility index (Phi) is 1.28. The number of carbonyl (C=O) groups is 1. The van der Waals surface area contributed by atoms with Gasteiger partial charge in [0.1, 0.15) is 5.69 Å². The Morgan fingerprint density at radius 1 is 1.54 bits per heavy atom. The second kappa shape index (κ2) is 2.34. The molecule has 1 saturated carbocycles. The van der Waals surface area contributed by atoms with Crippen LogP contribution in [-0.4, -0.2) is 22.2 Å². The highest BCUT2D eigenvalue weighted by Gasteiger charge is 2.29. The van der Waals surface area contributed by atoms with Crippen molar-refractivity contribution >= 4 is 5.91 Å². The molecule has 4 heteroatoms. The summed E-state index contributed by atoms with van der Waals surface area (Å²) in [5.41, 5.74) is 1.83. The summed E-state index contributed by atoms with van der Waals surface area (Å²) >= 11 is 0. The summed E-state index contributed by atoms with van der Waals surface area (Å²) in [6, 6.07) is 1.94. The fourth-order valence-electron chi connectivity index (χ4n) is 1.73. The standard InChI is InChI=1S/C9H11N3O/c13-9-8-5-7(6-1-2-6)11-12(8)4-3-10-9/h5-6H,1-4H2,(H,10,13). The maximum Gasteiger partial charge on any atom is 0.269 e. The number of hydrogen-bond acceptors (Lipinski definition) is 2. The van der Waals surface area contributed by atoms with Gasteiger partial charge in [0.2, 0.25) is 0 Å². The lowest BCUT2D eigenvalue weighted by molar-refractivity contribution is 0.0924. The summed E-state index contributed by atoms with van der Waals surface area (Å²) in [4.78, 5) is 11.4. The van der Waals surface area contributed by atoms with E-state index in [1.165, 1.54) is 12.8 Å². The fourth-order valence-corrected chi connectivity index (χ4v) is 1.73. The van der Waals surface area contributed by atoms with Gasteiger partial charge in [-0.2, -0.15) is 5.10 Å². The van der Waals surface area contributed by atoms with Gasteiger partial charge < -0.3 is 5.32 Å².